The van der Waals surface area contributed by atoms with Gasteiger partial charge in [0.15, 0.2) is 0 Å². The molecule has 0 saturated heterocycles. The fourth-order valence-corrected chi connectivity index (χ4v) is 5.54. The Balaban J connectivity index is 2.08. The molecule has 4 heteroatoms. The third kappa shape index (κ3) is 2.33. The summed E-state index contributed by atoms with van der Waals surface area (Å²) in [6.45, 7) is 10.1. The van der Waals surface area contributed by atoms with Crippen molar-refractivity contribution >= 4 is 11.9 Å². The molecule has 4 aliphatic carbocycles. The number of esters is 2. The molecule has 0 radical (unpaired) electrons. The molecule has 0 heterocycles. The Morgan fingerprint density at radius 2 is 1.87 bits per heavy atom. The van der Waals surface area contributed by atoms with Gasteiger partial charge in [0.2, 0.25) is 0 Å². The first-order valence-electron chi connectivity index (χ1n) is 8.63. The number of carbonyl (C=O) groups is 2. The van der Waals surface area contributed by atoms with Crippen molar-refractivity contribution < 1.29 is 19.1 Å². The molecule has 4 aliphatic rings. The van der Waals surface area contributed by atoms with Crippen LogP contribution in [0.1, 0.15) is 60.3 Å². The summed E-state index contributed by atoms with van der Waals surface area (Å²) in [5.74, 6) is 0.0329. The smallest absolute Gasteiger partial charge is 0.303 e. The van der Waals surface area contributed by atoms with Crippen molar-refractivity contribution in [1.82, 2.24) is 0 Å². The highest BCUT2D eigenvalue weighted by molar-refractivity contribution is 5.68. The minimum absolute atomic E-state index is 0.192. The average Bonchev–Trinajstić information content (AvgIpc) is 2.53. The van der Waals surface area contributed by atoms with Crippen LogP contribution in [0.3, 0.4) is 0 Å². The molecule has 23 heavy (non-hydrogen) atoms. The molecule has 4 unspecified atom stereocenters. The van der Waals surface area contributed by atoms with Gasteiger partial charge in [0.05, 0.1) is 5.41 Å². The second kappa shape index (κ2) is 5.09. The highest BCUT2D eigenvalue weighted by Crippen LogP contribution is 2.70. The van der Waals surface area contributed by atoms with Gasteiger partial charge in [-0.25, -0.2) is 0 Å². The summed E-state index contributed by atoms with van der Waals surface area (Å²) in [4.78, 5) is 23.3. The minimum Gasteiger partial charge on any atom is -0.465 e. The summed E-state index contributed by atoms with van der Waals surface area (Å²) in [6.07, 6.45) is 6.21. The maximum absolute atomic E-state index is 11.9. The van der Waals surface area contributed by atoms with Gasteiger partial charge in [-0.15, -0.1) is 0 Å². The van der Waals surface area contributed by atoms with Crippen LogP contribution in [0.5, 0.6) is 0 Å². The van der Waals surface area contributed by atoms with E-state index in [1.807, 2.05) is 0 Å². The van der Waals surface area contributed by atoms with Gasteiger partial charge in [-0.3, -0.25) is 9.59 Å². The normalized spacial score (nSPS) is 40.3. The summed E-state index contributed by atoms with van der Waals surface area (Å²) >= 11 is 0. The van der Waals surface area contributed by atoms with Crippen molar-refractivity contribution in [2.75, 3.05) is 6.61 Å². The Bertz CT molecular complexity index is 576. The Morgan fingerprint density at radius 3 is 2.39 bits per heavy atom. The van der Waals surface area contributed by atoms with Crippen molar-refractivity contribution in [3.63, 3.8) is 0 Å². The van der Waals surface area contributed by atoms with Crippen LogP contribution in [-0.2, 0) is 19.1 Å². The minimum atomic E-state index is -0.494. The maximum Gasteiger partial charge on any atom is 0.303 e. The highest BCUT2D eigenvalue weighted by Gasteiger charge is 2.72. The van der Waals surface area contributed by atoms with Crippen LogP contribution in [0.15, 0.2) is 11.6 Å². The summed E-state index contributed by atoms with van der Waals surface area (Å²) in [5.41, 5.74) is 0.820. The fraction of sp³-hybridized carbons (Fsp3) is 0.789. The van der Waals surface area contributed by atoms with Gasteiger partial charge < -0.3 is 9.47 Å². The molecular formula is C19H28O4. The predicted octanol–water partition coefficient (Wildman–Crippen LogP) is 3.64. The molecule has 4 nitrogen and oxygen atoms in total. The molecule has 0 amide bonds. The monoisotopic (exact) mass is 320 g/mol. The molecule has 0 aromatic carbocycles. The molecule has 0 aliphatic heterocycles. The third-order valence-electron chi connectivity index (χ3n) is 6.45. The number of ether oxygens (including phenoxy) is 2. The van der Waals surface area contributed by atoms with E-state index in [0.717, 1.165) is 25.7 Å². The first-order valence-corrected chi connectivity index (χ1v) is 8.63. The number of fused-ring (bicyclic) bond motifs is 2. The van der Waals surface area contributed by atoms with Crippen molar-refractivity contribution in [3.8, 4) is 0 Å². The van der Waals surface area contributed by atoms with Crippen LogP contribution >= 0.6 is 0 Å². The predicted molar refractivity (Wildman–Crippen MR) is 86.5 cm³/mol. The lowest BCUT2D eigenvalue weighted by molar-refractivity contribution is -0.250. The zero-order valence-corrected chi connectivity index (χ0v) is 14.9. The first kappa shape index (κ1) is 16.5. The SMILES string of the molecule is CC(=O)OCC12CCC1(OC(C)=O)C1C=C(C)C2CC(C)(C)C1. The van der Waals surface area contributed by atoms with E-state index in [1.165, 1.54) is 19.4 Å². The van der Waals surface area contributed by atoms with Gasteiger partial charge >= 0.3 is 11.9 Å². The van der Waals surface area contributed by atoms with E-state index in [0.29, 0.717) is 12.5 Å². The van der Waals surface area contributed by atoms with Crippen LogP contribution in [0, 0.1) is 22.7 Å². The molecule has 2 saturated carbocycles. The second-order valence-electron chi connectivity index (χ2n) is 8.56. The highest BCUT2D eigenvalue weighted by atomic mass is 16.6. The van der Waals surface area contributed by atoms with E-state index >= 15 is 0 Å². The molecular weight excluding hydrogens is 292 g/mol. The largest absolute Gasteiger partial charge is 0.465 e. The van der Waals surface area contributed by atoms with Gasteiger partial charge in [0.25, 0.3) is 0 Å². The molecule has 2 bridgehead atoms. The topological polar surface area (TPSA) is 52.6 Å². The molecule has 0 N–H and O–H groups in total. The molecule has 128 valence electrons. The van der Waals surface area contributed by atoms with E-state index in [1.54, 1.807) is 0 Å². The van der Waals surface area contributed by atoms with Gasteiger partial charge in [-0.1, -0.05) is 25.5 Å². The van der Waals surface area contributed by atoms with Crippen molar-refractivity contribution in [1.29, 1.82) is 0 Å². The average molecular weight is 320 g/mol. The third-order valence-corrected chi connectivity index (χ3v) is 6.45. The Labute approximate surface area is 138 Å². The number of hydrogen-bond donors (Lipinski definition) is 0. The summed E-state index contributed by atoms with van der Waals surface area (Å²) in [7, 11) is 0. The van der Waals surface area contributed by atoms with Gasteiger partial charge in [0.1, 0.15) is 12.2 Å². The Morgan fingerprint density at radius 1 is 1.17 bits per heavy atom. The Kier molecular flexibility index (Phi) is 3.66. The van der Waals surface area contributed by atoms with E-state index in [9.17, 15) is 9.59 Å². The zero-order valence-electron chi connectivity index (χ0n) is 14.9. The van der Waals surface area contributed by atoms with Gasteiger partial charge in [-0.2, -0.15) is 0 Å². The lowest BCUT2D eigenvalue weighted by atomic mass is 9.44. The standard InChI is InChI=1S/C19H28O4/c1-12-8-15-9-17(4,5)10-16(12)18(11-22-13(2)20)6-7-19(15,18)23-14(3)21/h8,15-16H,6-7,9-11H2,1-5H3. The molecule has 2 fully saturated rings. The number of hydrogen-bond acceptors (Lipinski definition) is 4. The summed E-state index contributed by atoms with van der Waals surface area (Å²) < 4.78 is 11.5. The van der Waals surface area contributed by atoms with Gasteiger partial charge in [0, 0.05) is 19.8 Å². The van der Waals surface area contributed by atoms with E-state index < -0.39 is 5.60 Å². The van der Waals surface area contributed by atoms with E-state index in [4.69, 9.17) is 9.47 Å². The van der Waals surface area contributed by atoms with Crippen LogP contribution in [0.4, 0.5) is 0 Å². The Hall–Kier alpha value is -1.32. The van der Waals surface area contributed by atoms with Gasteiger partial charge in [-0.05, 0) is 43.9 Å². The van der Waals surface area contributed by atoms with Crippen molar-refractivity contribution in [3.05, 3.63) is 11.6 Å². The lowest BCUT2D eigenvalue weighted by Crippen LogP contribution is -2.69. The van der Waals surface area contributed by atoms with Crippen LogP contribution in [0.2, 0.25) is 0 Å². The number of rotatable bonds is 3. The molecule has 4 atom stereocenters. The summed E-state index contributed by atoms with van der Waals surface area (Å²) in [5, 5.41) is 0. The fourth-order valence-electron chi connectivity index (χ4n) is 5.54. The quantitative estimate of drug-likeness (QED) is 0.588. The maximum atomic E-state index is 11.9. The zero-order chi connectivity index (χ0) is 17.0. The van der Waals surface area contributed by atoms with Crippen molar-refractivity contribution in [2.24, 2.45) is 22.7 Å². The second-order valence-corrected chi connectivity index (χ2v) is 8.56. The van der Waals surface area contributed by atoms with E-state index in [2.05, 4.69) is 26.8 Å². The van der Waals surface area contributed by atoms with Crippen LogP contribution in [0.25, 0.3) is 0 Å². The first-order chi connectivity index (χ1) is 10.6. The van der Waals surface area contributed by atoms with Crippen LogP contribution in [-0.4, -0.2) is 24.1 Å². The molecule has 0 aromatic heterocycles. The number of carbonyl (C=O) groups excluding carboxylic acids is 2. The van der Waals surface area contributed by atoms with Crippen LogP contribution < -0.4 is 0 Å². The molecule has 0 aromatic rings. The summed E-state index contributed by atoms with van der Waals surface area (Å²) in [6, 6.07) is 0. The van der Waals surface area contributed by atoms with E-state index in [-0.39, 0.29) is 28.7 Å². The lowest BCUT2D eigenvalue weighted by Gasteiger charge is -2.64. The van der Waals surface area contributed by atoms with Crippen molar-refractivity contribution in [2.45, 2.75) is 65.9 Å². The molecule has 4 rings (SSSR count). The number of allylic oxidation sites excluding steroid dienone is 1. The molecule has 0 spiro atoms.